The smallest absolute Gasteiger partial charge is 0.166 e. The van der Waals surface area contributed by atoms with E-state index in [1.165, 1.54) is 19.1 Å². The first-order valence-electron chi connectivity index (χ1n) is 4.80. The van der Waals surface area contributed by atoms with Gasteiger partial charge >= 0.3 is 6.18 Å². The Morgan fingerprint density at radius 2 is 2.12 bits per heavy atom. The molecule has 0 spiro atoms. The maximum absolute atomic E-state index is 12.5. The summed E-state index contributed by atoms with van der Waals surface area (Å²) in [4.78, 5) is 2.56. The standard InChI is InChI=1S/C11H10F3N3/c1-8-7-9(3-2-6-16-17-15)4-5-10(8)11(12,13)14/h2-5,7H,6H2,1H3. The summed E-state index contributed by atoms with van der Waals surface area (Å²) in [6, 6.07) is 3.86. The van der Waals surface area contributed by atoms with E-state index in [2.05, 4.69) is 10.0 Å². The van der Waals surface area contributed by atoms with Gasteiger partial charge in [0, 0.05) is 11.5 Å². The molecule has 1 rings (SSSR count). The maximum Gasteiger partial charge on any atom is 0.416 e. The van der Waals surface area contributed by atoms with Gasteiger partial charge in [0.1, 0.15) is 0 Å². The molecule has 0 heterocycles. The second kappa shape index (κ2) is 5.41. The van der Waals surface area contributed by atoms with Crippen molar-refractivity contribution in [2.45, 2.75) is 13.1 Å². The average Bonchev–Trinajstić information content (AvgIpc) is 2.23. The van der Waals surface area contributed by atoms with Gasteiger partial charge in [0.2, 0.25) is 0 Å². The minimum Gasteiger partial charge on any atom is -0.166 e. The van der Waals surface area contributed by atoms with Crippen molar-refractivity contribution >= 4 is 6.08 Å². The lowest BCUT2D eigenvalue weighted by Gasteiger charge is -2.10. The highest BCUT2D eigenvalue weighted by molar-refractivity contribution is 5.52. The number of aryl methyl sites for hydroxylation is 1. The Hall–Kier alpha value is -1.94. The number of hydrogen-bond acceptors (Lipinski definition) is 1. The Morgan fingerprint density at radius 3 is 2.65 bits per heavy atom. The van der Waals surface area contributed by atoms with Crippen LogP contribution in [0.2, 0.25) is 0 Å². The van der Waals surface area contributed by atoms with Crippen molar-refractivity contribution in [3.63, 3.8) is 0 Å². The molecule has 0 N–H and O–H groups in total. The summed E-state index contributed by atoms with van der Waals surface area (Å²) in [7, 11) is 0. The van der Waals surface area contributed by atoms with Crippen molar-refractivity contribution in [3.05, 3.63) is 51.4 Å². The average molecular weight is 241 g/mol. The third kappa shape index (κ3) is 3.85. The SMILES string of the molecule is Cc1cc(C=CCN=[N+]=[N-])ccc1C(F)(F)F. The monoisotopic (exact) mass is 241 g/mol. The van der Waals surface area contributed by atoms with Gasteiger partial charge in [-0.25, -0.2) is 0 Å². The van der Waals surface area contributed by atoms with Crippen LogP contribution in [0.4, 0.5) is 13.2 Å². The van der Waals surface area contributed by atoms with Gasteiger partial charge in [-0.15, -0.1) is 0 Å². The lowest BCUT2D eigenvalue weighted by atomic mass is 10.0. The molecule has 17 heavy (non-hydrogen) atoms. The van der Waals surface area contributed by atoms with Crippen molar-refractivity contribution in [1.82, 2.24) is 0 Å². The van der Waals surface area contributed by atoms with Gasteiger partial charge in [0.25, 0.3) is 0 Å². The van der Waals surface area contributed by atoms with Gasteiger partial charge in [-0.3, -0.25) is 0 Å². The molecule has 1 aromatic carbocycles. The summed E-state index contributed by atoms with van der Waals surface area (Å²) in [6.07, 6.45) is -1.12. The van der Waals surface area contributed by atoms with Crippen LogP contribution in [0.25, 0.3) is 16.5 Å². The molecular formula is C11H10F3N3. The minimum atomic E-state index is -4.32. The lowest BCUT2D eigenvalue weighted by Crippen LogP contribution is -2.07. The number of rotatable bonds is 3. The van der Waals surface area contributed by atoms with Crippen molar-refractivity contribution in [1.29, 1.82) is 0 Å². The highest BCUT2D eigenvalue weighted by Crippen LogP contribution is 2.32. The third-order valence-electron chi connectivity index (χ3n) is 2.12. The quantitative estimate of drug-likeness (QED) is 0.429. The zero-order chi connectivity index (χ0) is 12.9. The normalized spacial score (nSPS) is 11.5. The molecular weight excluding hydrogens is 231 g/mol. The number of halogens is 3. The molecule has 0 amide bonds. The molecule has 0 saturated heterocycles. The van der Waals surface area contributed by atoms with Crippen LogP contribution >= 0.6 is 0 Å². The fraction of sp³-hybridized carbons (Fsp3) is 0.273. The van der Waals surface area contributed by atoms with Gasteiger partial charge in [-0.2, -0.15) is 13.2 Å². The summed E-state index contributed by atoms with van der Waals surface area (Å²) in [5.74, 6) is 0. The zero-order valence-electron chi connectivity index (χ0n) is 9.07. The molecule has 0 fully saturated rings. The largest absolute Gasteiger partial charge is 0.416 e. The summed E-state index contributed by atoms with van der Waals surface area (Å²) in [5.41, 5.74) is 8.21. The number of azide groups is 1. The fourth-order valence-electron chi connectivity index (χ4n) is 1.38. The summed E-state index contributed by atoms with van der Waals surface area (Å²) in [5, 5.41) is 3.28. The predicted octanol–water partition coefficient (Wildman–Crippen LogP) is 4.34. The molecule has 0 bridgehead atoms. The van der Waals surface area contributed by atoms with Crippen molar-refractivity contribution in [2.24, 2.45) is 5.11 Å². The van der Waals surface area contributed by atoms with Crippen LogP contribution < -0.4 is 0 Å². The predicted molar refractivity (Wildman–Crippen MR) is 59.2 cm³/mol. The van der Waals surface area contributed by atoms with E-state index in [1.54, 1.807) is 12.2 Å². The molecule has 6 heteroatoms. The first-order chi connectivity index (χ1) is 7.95. The van der Waals surface area contributed by atoms with Crippen molar-refractivity contribution in [3.8, 4) is 0 Å². The highest BCUT2D eigenvalue weighted by Gasteiger charge is 2.31. The molecule has 0 aliphatic carbocycles. The molecule has 1 aromatic rings. The van der Waals surface area contributed by atoms with Gasteiger partial charge in [0.05, 0.1) is 5.56 Å². The Kier molecular flexibility index (Phi) is 4.17. The molecule has 0 radical (unpaired) electrons. The molecule has 3 nitrogen and oxygen atoms in total. The van der Waals surface area contributed by atoms with E-state index in [1.807, 2.05) is 0 Å². The van der Waals surface area contributed by atoms with Crippen LogP contribution in [0.5, 0.6) is 0 Å². The molecule has 0 aliphatic heterocycles. The van der Waals surface area contributed by atoms with Gasteiger partial charge in [-0.05, 0) is 29.6 Å². The number of benzene rings is 1. The van der Waals surface area contributed by atoms with Gasteiger partial charge in [-0.1, -0.05) is 29.4 Å². The van der Waals surface area contributed by atoms with Crippen LogP contribution in [-0.2, 0) is 6.18 Å². The van der Waals surface area contributed by atoms with E-state index in [0.29, 0.717) is 5.56 Å². The molecule has 0 aliphatic rings. The lowest BCUT2D eigenvalue weighted by molar-refractivity contribution is -0.138. The maximum atomic E-state index is 12.5. The van der Waals surface area contributed by atoms with E-state index in [4.69, 9.17) is 5.53 Å². The molecule has 0 saturated carbocycles. The van der Waals surface area contributed by atoms with Crippen LogP contribution in [0.3, 0.4) is 0 Å². The van der Waals surface area contributed by atoms with Crippen LogP contribution in [-0.4, -0.2) is 6.54 Å². The second-order valence-electron chi connectivity index (χ2n) is 3.39. The summed E-state index contributed by atoms with van der Waals surface area (Å²) >= 11 is 0. The summed E-state index contributed by atoms with van der Waals surface area (Å²) < 4.78 is 37.4. The first kappa shape index (κ1) is 13.1. The number of alkyl halides is 3. The topological polar surface area (TPSA) is 48.8 Å². The molecule has 0 atom stereocenters. The minimum absolute atomic E-state index is 0.170. The van der Waals surface area contributed by atoms with Crippen LogP contribution in [0.15, 0.2) is 29.4 Å². The molecule has 0 aromatic heterocycles. The number of nitrogens with zero attached hydrogens (tertiary/aromatic N) is 3. The fourth-order valence-corrected chi connectivity index (χ4v) is 1.38. The van der Waals surface area contributed by atoms with Gasteiger partial charge in [0.15, 0.2) is 0 Å². The van der Waals surface area contributed by atoms with E-state index >= 15 is 0 Å². The van der Waals surface area contributed by atoms with E-state index in [0.717, 1.165) is 6.07 Å². The second-order valence-corrected chi connectivity index (χ2v) is 3.39. The van der Waals surface area contributed by atoms with Gasteiger partial charge < -0.3 is 0 Å². The van der Waals surface area contributed by atoms with Crippen molar-refractivity contribution < 1.29 is 13.2 Å². The molecule has 90 valence electrons. The van der Waals surface area contributed by atoms with E-state index in [9.17, 15) is 13.2 Å². The Bertz CT molecular complexity index is 471. The van der Waals surface area contributed by atoms with E-state index < -0.39 is 11.7 Å². The highest BCUT2D eigenvalue weighted by atomic mass is 19.4. The van der Waals surface area contributed by atoms with Crippen LogP contribution in [0.1, 0.15) is 16.7 Å². The van der Waals surface area contributed by atoms with Crippen molar-refractivity contribution in [2.75, 3.05) is 6.54 Å². The van der Waals surface area contributed by atoms with Crippen LogP contribution in [0, 0.1) is 6.92 Å². The van der Waals surface area contributed by atoms with E-state index in [-0.39, 0.29) is 12.1 Å². The Labute approximate surface area is 96.2 Å². The number of hydrogen-bond donors (Lipinski definition) is 0. The Morgan fingerprint density at radius 1 is 1.41 bits per heavy atom. The molecule has 0 unspecified atom stereocenters. The summed E-state index contributed by atoms with van der Waals surface area (Å²) in [6.45, 7) is 1.59. The third-order valence-corrected chi connectivity index (χ3v) is 2.12. The zero-order valence-corrected chi connectivity index (χ0v) is 9.07. The first-order valence-corrected chi connectivity index (χ1v) is 4.80. The Balaban J connectivity index is 2.89.